The summed E-state index contributed by atoms with van der Waals surface area (Å²) < 4.78 is 1.20. The fourth-order valence-electron chi connectivity index (χ4n) is 3.29. The summed E-state index contributed by atoms with van der Waals surface area (Å²) in [6.07, 6.45) is 3.56. The number of rotatable bonds is 2. The van der Waals surface area contributed by atoms with E-state index in [0.29, 0.717) is 17.8 Å². The molecule has 1 aliphatic heterocycles. The van der Waals surface area contributed by atoms with Crippen LogP contribution in [0.15, 0.2) is 30.5 Å². The number of carbonyl (C=O) groups is 1. The van der Waals surface area contributed by atoms with Crippen molar-refractivity contribution in [1.29, 1.82) is 0 Å². The molecule has 2 N–H and O–H groups in total. The van der Waals surface area contributed by atoms with E-state index in [-0.39, 0.29) is 17.8 Å². The number of benzene rings is 1. The van der Waals surface area contributed by atoms with Crippen LogP contribution in [0.3, 0.4) is 0 Å². The van der Waals surface area contributed by atoms with Crippen LogP contribution in [0.25, 0.3) is 10.2 Å². The number of nitrogens with zero attached hydrogens (tertiary/aromatic N) is 4. The fourth-order valence-corrected chi connectivity index (χ4v) is 4.39. The number of piperidine rings is 1. The van der Waals surface area contributed by atoms with E-state index in [2.05, 4.69) is 16.0 Å². The summed E-state index contributed by atoms with van der Waals surface area (Å²) in [5.41, 5.74) is 7.77. The maximum Gasteiger partial charge on any atom is 0.257 e. The van der Waals surface area contributed by atoms with Crippen LogP contribution in [0.2, 0.25) is 0 Å². The predicted molar refractivity (Wildman–Crippen MR) is 98.7 cm³/mol. The Morgan fingerprint density at radius 3 is 2.96 bits per heavy atom. The second kappa shape index (κ2) is 6.40. The molecule has 3 heterocycles. The van der Waals surface area contributed by atoms with Gasteiger partial charge in [-0.25, -0.2) is 15.0 Å². The van der Waals surface area contributed by atoms with Crippen LogP contribution in [-0.4, -0.2) is 38.8 Å². The van der Waals surface area contributed by atoms with Gasteiger partial charge in [-0.2, -0.15) is 0 Å². The van der Waals surface area contributed by atoms with Gasteiger partial charge in [-0.05, 0) is 31.9 Å². The number of aromatic nitrogens is 3. The highest BCUT2D eigenvalue weighted by Crippen LogP contribution is 2.33. The fraction of sp³-hybridized carbons (Fsp3) is 0.333. The van der Waals surface area contributed by atoms with Gasteiger partial charge in [0.05, 0.1) is 26.5 Å². The number of likely N-dealkylation sites (tertiary alicyclic amines) is 1. The van der Waals surface area contributed by atoms with Gasteiger partial charge in [-0.1, -0.05) is 12.1 Å². The molecular formula is C18H19N5OS. The lowest BCUT2D eigenvalue weighted by atomic mass is 9.98. The Morgan fingerprint density at radius 2 is 2.16 bits per heavy atom. The van der Waals surface area contributed by atoms with Crippen molar-refractivity contribution in [2.24, 2.45) is 0 Å². The van der Waals surface area contributed by atoms with Gasteiger partial charge in [0.1, 0.15) is 0 Å². The molecule has 0 aliphatic carbocycles. The second-order valence-electron chi connectivity index (χ2n) is 6.34. The van der Waals surface area contributed by atoms with E-state index in [0.717, 1.165) is 29.9 Å². The zero-order valence-electron chi connectivity index (χ0n) is 14.0. The van der Waals surface area contributed by atoms with Crippen molar-refractivity contribution in [3.8, 4) is 0 Å². The summed E-state index contributed by atoms with van der Waals surface area (Å²) in [6, 6.07) is 8.17. The van der Waals surface area contributed by atoms with E-state index in [4.69, 9.17) is 10.7 Å². The zero-order valence-corrected chi connectivity index (χ0v) is 14.8. The van der Waals surface area contributed by atoms with E-state index < -0.39 is 0 Å². The summed E-state index contributed by atoms with van der Waals surface area (Å²) in [6.45, 7) is 3.23. The molecule has 7 heteroatoms. The van der Waals surface area contributed by atoms with Gasteiger partial charge in [0.15, 0.2) is 0 Å². The standard InChI is InChI=1S/C18H19N5OS/c1-11-13(9-20-18(19)21-11)17(24)23-8-4-5-12(10-23)16-22-14-6-2-3-7-15(14)25-16/h2-3,6-7,9,12H,4-5,8,10H2,1H3,(H2,19,20,21)/t12-/m1/s1. The van der Waals surface area contributed by atoms with Crippen LogP contribution in [0.5, 0.6) is 0 Å². The largest absolute Gasteiger partial charge is 0.368 e. The molecule has 1 fully saturated rings. The van der Waals surface area contributed by atoms with Crippen LogP contribution in [-0.2, 0) is 0 Å². The molecule has 1 amide bonds. The topological polar surface area (TPSA) is 85.0 Å². The Bertz CT molecular complexity index is 905. The molecular weight excluding hydrogens is 334 g/mol. The molecule has 0 spiro atoms. The first-order valence-corrected chi connectivity index (χ1v) is 9.17. The number of thiazole rings is 1. The van der Waals surface area contributed by atoms with Crippen molar-refractivity contribution in [2.45, 2.75) is 25.7 Å². The molecule has 3 aromatic rings. The monoisotopic (exact) mass is 353 g/mol. The van der Waals surface area contributed by atoms with Crippen molar-refractivity contribution in [2.75, 3.05) is 18.8 Å². The average Bonchev–Trinajstić information content (AvgIpc) is 3.05. The van der Waals surface area contributed by atoms with E-state index in [1.165, 1.54) is 10.9 Å². The summed E-state index contributed by atoms with van der Waals surface area (Å²) in [4.78, 5) is 27.6. The Hall–Kier alpha value is -2.54. The molecule has 1 atom stereocenters. The van der Waals surface area contributed by atoms with Gasteiger partial charge in [-0.3, -0.25) is 4.79 Å². The van der Waals surface area contributed by atoms with Gasteiger partial charge < -0.3 is 10.6 Å². The van der Waals surface area contributed by atoms with Crippen molar-refractivity contribution in [1.82, 2.24) is 19.9 Å². The molecule has 2 aromatic heterocycles. The van der Waals surface area contributed by atoms with E-state index >= 15 is 0 Å². The van der Waals surface area contributed by atoms with Gasteiger partial charge in [-0.15, -0.1) is 11.3 Å². The summed E-state index contributed by atoms with van der Waals surface area (Å²) in [5.74, 6) is 0.452. The predicted octanol–water partition coefficient (Wildman–Crippen LogP) is 3.00. The molecule has 1 aliphatic rings. The molecule has 4 rings (SSSR count). The lowest BCUT2D eigenvalue weighted by Crippen LogP contribution is -2.39. The number of fused-ring (bicyclic) bond motifs is 1. The third-order valence-corrected chi connectivity index (χ3v) is 5.80. The number of amides is 1. The number of anilines is 1. The number of nitrogens with two attached hydrogens (primary N) is 1. The van der Waals surface area contributed by atoms with Gasteiger partial charge in [0, 0.05) is 25.2 Å². The minimum Gasteiger partial charge on any atom is -0.368 e. The van der Waals surface area contributed by atoms with Crippen LogP contribution < -0.4 is 5.73 Å². The molecule has 0 radical (unpaired) electrons. The van der Waals surface area contributed by atoms with Crippen LogP contribution in [0, 0.1) is 6.92 Å². The van der Waals surface area contributed by atoms with Crippen LogP contribution in [0.4, 0.5) is 5.95 Å². The molecule has 1 saturated heterocycles. The molecule has 25 heavy (non-hydrogen) atoms. The van der Waals surface area contributed by atoms with Gasteiger partial charge in [0.2, 0.25) is 5.95 Å². The van der Waals surface area contributed by atoms with Crippen molar-refractivity contribution in [3.05, 3.63) is 46.7 Å². The maximum absolute atomic E-state index is 12.9. The third kappa shape index (κ3) is 3.07. The number of hydrogen-bond donors (Lipinski definition) is 1. The number of carbonyl (C=O) groups excluding carboxylic acids is 1. The Kier molecular flexibility index (Phi) is 4.09. The third-order valence-electron chi connectivity index (χ3n) is 4.60. The molecule has 0 bridgehead atoms. The van der Waals surface area contributed by atoms with E-state index in [1.807, 2.05) is 23.1 Å². The lowest BCUT2D eigenvalue weighted by Gasteiger charge is -2.32. The first kappa shape index (κ1) is 16.0. The first-order chi connectivity index (χ1) is 12.1. The smallest absolute Gasteiger partial charge is 0.257 e. The minimum atomic E-state index is -0.0247. The highest BCUT2D eigenvalue weighted by atomic mass is 32.1. The molecule has 1 aromatic carbocycles. The quantitative estimate of drug-likeness (QED) is 0.765. The number of hydrogen-bond acceptors (Lipinski definition) is 6. The van der Waals surface area contributed by atoms with Gasteiger partial charge in [0.25, 0.3) is 5.91 Å². The SMILES string of the molecule is Cc1nc(N)ncc1C(=O)N1CCC[C@@H](c2nc3ccccc3s2)C1. The van der Waals surface area contributed by atoms with Gasteiger partial charge >= 0.3 is 0 Å². The Labute approximate surface area is 149 Å². The van der Waals surface area contributed by atoms with Crippen molar-refractivity contribution >= 4 is 33.4 Å². The molecule has 0 saturated carbocycles. The van der Waals surface area contributed by atoms with Crippen LogP contribution in [0.1, 0.15) is 39.8 Å². The minimum absolute atomic E-state index is 0.0247. The normalized spacial score (nSPS) is 17.8. The van der Waals surface area contributed by atoms with Crippen molar-refractivity contribution < 1.29 is 4.79 Å². The number of aryl methyl sites for hydroxylation is 1. The van der Waals surface area contributed by atoms with E-state index in [1.54, 1.807) is 18.3 Å². The molecule has 6 nitrogen and oxygen atoms in total. The second-order valence-corrected chi connectivity index (χ2v) is 7.40. The molecule has 0 unspecified atom stereocenters. The first-order valence-electron chi connectivity index (χ1n) is 8.35. The Morgan fingerprint density at radius 1 is 1.32 bits per heavy atom. The highest BCUT2D eigenvalue weighted by molar-refractivity contribution is 7.18. The summed E-state index contributed by atoms with van der Waals surface area (Å²) in [7, 11) is 0. The maximum atomic E-state index is 12.9. The van der Waals surface area contributed by atoms with E-state index in [9.17, 15) is 4.79 Å². The zero-order chi connectivity index (χ0) is 17.4. The number of para-hydroxylation sites is 1. The number of nitrogen functional groups attached to an aromatic ring is 1. The summed E-state index contributed by atoms with van der Waals surface area (Å²) in [5, 5.41) is 1.11. The van der Waals surface area contributed by atoms with Crippen LogP contribution >= 0.6 is 11.3 Å². The molecule has 128 valence electrons. The van der Waals surface area contributed by atoms with Crippen molar-refractivity contribution in [3.63, 3.8) is 0 Å². The summed E-state index contributed by atoms with van der Waals surface area (Å²) >= 11 is 1.73. The average molecular weight is 353 g/mol. The highest BCUT2D eigenvalue weighted by Gasteiger charge is 2.28. The lowest BCUT2D eigenvalue weighted by molar-refractivity contribution is 0.0705. The Balaban J connectivity index is 1.57.